The highest BCUT2D eigenvalue weighted by Crippen LogP contribution is 2.28. The summed E-state index contributed by atoms with van der Waals surface area (Å²) in [7, 11) is 0. The van der Waals surface area contributed by atoms with Crippen molar-refractivity contribution >= 4 is 21.8 Å². The van der Waals surface area contributed by atoms with Crippen molar-refractivity contribution in [2.75, 3.05) is 13.1 Å². The molecule has 1 fully saturated rings. The van der Waals surface area contributed by atoms with Crippen molar-refractivity contribution in [3.63, 3.8) is 0 Å². The van der Waals surface area contributed by atoms with E-state index >= 15 is 0 Å². The highest BCUT2D eigenvalue weighted by atomic mass is 79.9. The van der Waals surface area contributed by atoms with Crippen molar-refractivity contribution in [1.29, 1.82) is 0 Å². The van der Waals surface area contributed by atoms with Crippen LogP contribution in [0.1, 0.15) is 23.2 Å². The van der Waals surface area contributed by atoms with Crippen LogP contribution in [-0.2, 0) is 0 Å². The van der Waals surface area contributed by atoms with Gasteiger partial charge in [-0.15, -0.1) is 0 Å². The van der Waals surface area contributed by atoms with Gasteiger partial charge in [0.25, 0.3) is 11.8 Å². The van der Waals surface area contributed by atoms with E-state index in [1.165, 1.54) is 11.1 Å². The fourth-order valence-corrected chi connectivity index (χ4v) is 2.11. The van der Waals surface area contributed by atoms with Crippen molar-refractivity contribution in [2.24, 2.45) is 0 Å². The van der Waals surface area contributed by atoms with Gasteiger partial charge in [-0.25, -0.2) is 8.78 Å². The van der Waals surface area contributed by atoms with E-state index < -0.39 is 5.92 Å². The summed E-state index contributed by atoms with van der Waals surface area (Å²) in [6.07, 6.45) is 2.49. The molecule has 0 radical (unpaired) electrons. The van der Waals surface area contributed by atoms with E-state index in [4.69, 9.17) is 0 Å². The van der Waals surface area contributed by atoms with Crippen LogP contribution < -0.4 is 0 Å². The molecular formula is C11H11BrF2N2O. The van der Waals surface area contributed by atoms with E-state index in [9.17, 15) is 13.6 Å². The van der Waals surface area contributed by atoms with E-state index in [0.29, 0.717) is 10.0 Å². The Bertz CT molecular complexity index is 429. The second kappa shape index (κ2) is 4.68. The van der Waals surface area contributed by atoms with Crippen LogP contribution in [0.25, 0.3) is 0 Å². The molecule has 0 saturated carbocycles. The number of piperidine rings is 1. The summed E-state index contributed by atoms with van der Waals surface area (Å²) in [4.78, 5) is 17.3. The van der Waals surface area contributed by atoms with Crippen molar-refractivity contribution in [3.8, 4) is 0 Å². The monoisotopic (exact) mass is 304 g/mol. The zero-order valence-corrected chi connectivity index (χ0v) is 10.6. The largest absolute Gasteiger partial charge is 0.338 e. The van der Waals surface area contributed by atoms with Gasteiger partial charge in [0, 0.05) is 42.8 Å². The number of rotatable bonds is 1. The average Bonchev–Trinajstić information content (AvgIpc) is 2.28. The Morgan fingerprint density at radius 3 is 2.59 bits per heavy atom. The predicted molar refractivity (Wildman–Crippen MR) is 62.0 cm³/mol. The molecule has 0 N–H and O–H groups in total. The smallest absolute Gasteiger partial charge is 0.255 e. The lowest BCUT2D eigenvalue weighted by Crippen LogP contribution is -2.42. The quantitative estimate of drug-likeness (QED) is 0.799. The summed E-state index contributed by atoms with van der Waals surface area (Å²) >= 11 is 3.22. The summed E-state index contributed by atoms with van der Waals surface area (Å²) in [5.41, 5.74) is 0.421. The van der Waals surface area contributed by atoms with Crippen molar-refractivity contribution in [1.82, 2.24) is 9.88 Å². The molecule has 6 heteroatoms. The number of amides is 1. The molecule has 1 aliphatic rings. The molecular weight excluding hydrogens is 294 g/mol. The molecule has 1 aromatic rings. The lowest BCUT2D eigenvalue weighted by atomic mass is 10.1. The summed E-state index contributed by atoms with van der Waals surface area (Å²) < 4.78 is 26.6. The summed E-state index contributed by atoms with van der Waals surface area (Å²) in [5.74, 6) is -2.87. The van der Waals surface area contributed by atoms with Crippen LogP contribution in [0.15, 0.2) is 22.9 Å². The third-order valence-electron chi connectivity index (χ3n) is 2.73. The second-order valence-electron chi connectivity index (χ2n) is 4.04. The number of aromatic nitrogens is 1. The highest BCUT2D eigenvalue weighted by Gasteiger charge is 2.35. The minimum atomic E-state index is -2.63. The van der Waals surface area contributed by atoms with Gasteiger partial charge in [0.05, 0.1) is 5.56 Å². The Morgan fingerprint density at radius 1 is 1.35 bits per heavy atom. The molecule has 1 amide bonds. The molecule has 2 rings (SSSR count). The fraction of sp³-hybridized carbons (Fsp3) is 0.455. The maximum absolute atomic E-state index is 12.9. The van der Waals surface area contributed by atoms with Gasteiger partial charge >= 0.3 is 0 Å². The maximum atomic E-state index is 12.9. The number of pyridine rings is 1. The minimum absolute atomic E-state index is 0.0956. The molecule has 0 atom stereocenters. The molecule has 1 aliphatic heterocycles. The number of carbonyl (C=O) groups is 1. The van der Waals surface area contributed by atoms with Gasteiger partial charge in [-0.05, 0) is 22.0 Å². The first-order chi connectivity index (χ1) is 7.98. The van der Waals surface area contributed by atoms with Crippen LogP contribution in [0.4, 0.5) is 8.78 Å². The van der Waals surface area contributed by atoms with Crippen LogP contribution in [0, 0.1) is 0 Å². The summed E-state index contributed by atoms with van der Waals surface area (Å²) in [5, 5.41) is 0. The van der Waals surface area contributed by atoms with Gasteiger partial charge in [-0.3, -0.25) is 9.78 Å². The first-order valence-electron chi connectivity index (χ1n) is 5.26. The predicted octanol–water partition coefficient (Wildman–Crippen LogP) is 2.72. The molecule has 0 unspecified atom stereocenters. The molecule has 0 bridgehead atoms. The van der Waals surface area contributed by atoms with Gasteiger partial charge in [-0.2, -0.15) is 0 Å². The van der Waals surface area contributed by atoms with Crippen LogP contribution in [0.3, 0.4) is 0 Å². The maximum Gasteiger partial charge on any atom is 0.255 e. The minimum Gasteiger partial charge on any atom is -0.338 e. The molecule has 3 nitrogen and oxygen atoms in total. The summed E-state index contributed by atoms with van der Waals surface area (Å²) in [6.45, 7) is 0.191. The first kappa shape index (κ1) is 12.4. The van der Waals surface area contributed by atoms with Gasteiger partial charge in [0.1, 0.15) is 0 Å². The van der Waals surface area contributed by atoms with Crippen molar-refractivity contribution in [2.45, 2.75) is 18.8 Å². The number of nitrogens with zero attached hydrogens (tertiary/aromatic N) is 2. The average molecular weight is 305 g/mol. The Balaban J connectivity index is 2.07. The van der Waals surface area contributed by atoms with Crippen molar-refractivity contribution < 1.29 is 13.6 Å². The fourth-order valence-electron chi connectivity index (χ4n) is 1.75. The number of likely N-dealkylation sites (tertiary alicyclic amines) is 1. The second-order valence-corrected chi connectivity index (χ2v) is 4.96. The SMILES string of the molecule is O=C(c1cncc(Br)c1)N1CCC(F)(F)CC1. The van der Waals surface area contributed by atoms with Crippen LogP contribution in [0.5, 0.6) is 0 Å². The van der Waals surface area contributed by atoms with Crippen LogP contribution in [0.2, 0.25) is 0 Å². The van der Waals surface area contributed by atoms with E-state index in [2.05, 4.69) is 20.9 Å². The van der Waals surface area contributed by atoms with E-state index in [1.807, 2.05) is 0 Å². The highest BCUT2D eigenvalue weighted by molar-refractivity contribution is 9.10. The molecule has 0 aromatic carbocycles. The zero-order chi connectivity index (χ0) is 12.5. The molecule has 92 valence electrons. The molecule has 1 saturated heterocycles. The van der Waals surface area contributed by atoms with Gasteiger partial charge in [-0.1, -0.05) is 0 Å². The standard InChI is InChI=1S/C11H11BrF2N2O/c12-9-5-8(6-15-7-9)10(17)16-3-1-11(13,14)2-4-16/h5-7H,1-4H2. The Labute approximate surface area is 106 Å². The van der Waals surface area contributed by atoms with E-state index in [-0.39, 0.29) is 31.8 Å². The van der Waals surface area contributed by atoms with Gasteiger partial charge in [0.2, 0.25) is 0 Å². The number of hydrogen-bond donors (Lipinski definition) is 0. The zero-order valence-electron chi connectivity index (χ0n) is 9.00. The third-order valence-corrected chi connectivity index (χ3v) is 3.17. The van der Waals surface area contributed by atoms with Crippen LogP contribution >= 0.6 is 15.9 Å². The molecule has 1 aromatic heterocycles. The molecule has 0 aliphatic carbocycles. The topological polar surface area (TPSA) is 33.2 Å². The van der Waals surface area contributed by atoms with E-state index in [0.717, 1.165) is 0 Å². The third kappa shape index (κ3) is 3.00. The molecule has 2 heterocycles. The van der Waals surface area contributed by atoms with Gasteiger partial charge in [0.15, 0.2) is 0 Å². The lowest BCUT2D eigenvalue weighted by Gasteiger charge is -2.31. The Kier molecular flexibility index (Phi) is 3.42. The van der Waals surface area contributed by atoms with E-state index in [1.54, 1.807) is 12.3 Å². The Hall–Kier alpha value is -1.04. The van der Waals surface area contributed by atoms with Gasteiger partial charge < -0.3 is 4.90 Å². The molecule has 17 heavy (non-hydrogen) atoms. The first-order valence-corrected chi connectivity index (χ1v) is 6.05. The number of hydrogen-bond acceptors (Lipinski definition) is 2. The number of halogens is 3. The lowest BCUT2D eigenvalue weighted by molar-refractivity contribution is -0.0494. The molecule has 0 spiro atoms. The Morgan fingerprint density at radius 2 is 2.00 bits per heavy atom. The number of carbonyl (C=O) groups excluding carboxylic acids is 1. The normalized spacial score (nSPS) is 19.1. The number of alkyl halides is 2. The van der Waals surface area contributed by atoms with Crippen molar-refractivity contribution in [3.05, 3.63) is 28.5 Å². The summed E-state index contributed by atoms with van der Waals surface area (Å²) in [6, 6.07) is 1.64. The van der Waals surface area contributed by atoms with Crippen LogP contribution in [-0.4, -0.2) is 34.8 Å².